The second-order valence-corrected chi connectivity index (χ2v) is 7.68. The summed E-state index contributed by atoms with van der Waals surface area (Å²) in [5, 5.41) is 8.00. The second-order valence-electron chi connectivity index (χ2n) is 7.68. The molecule has 2 fully saturated rings. The van der Waals surface area contributed by atoms with E-state index in [0.717, 1.165) is 42.0 Å². The number of carbonyl (C=O) groups is 2. The van der Waals surface area contributed by atoms with Gasteiger partial charge in [-0.1, -0.05) is 26.7 Å². The number of benzene rings is 1. The predicted octanol–water partition coefficient (Wildman–Crippen LogP) is 4.09. The first-order valence-corrected chi connectivity index (χ1v) is 9.97. The maximum Gasteiger partial charge on any atom is 0.346 e. The van der Waals surface area contributed by atoms with E-state index in [-0.39, 0.29) is 5.91 Å². The highest BCUT2D eigenvalue weighted by Crippen LogP contribution is 2.36. The Labute approximate surface area is 161 Å². The summed E-state index contributed by atoms with van der Waals surface area (Å²) in [6, 6.07) is 7.07. The first-order chi connectivity index (χ1) is 13.0. The van der Waals surface area contributed by atoms with E-state index in [2.05, 4.69) is 24.3 Å². The van der Waals surface area contributed by atoms with Crippen molar-refractivity contribution in [3.63, 3.8) is 0 Å². The SMILES string of the molecule is CCCCCOc1ccc(/C=N/N2C(=O)NC3(CCC(C)CC3)C2=O)cc1. The fourth-order valence-electron chi connectivity index (χ4n) is 3.62. The van der Waals surface area contributed by atoms with Gasteiger partial charge in [-0.25, -0.2) is 4.79 Å². The van der Waals surface area contributed by atoms with Crippen LogP contribution in [0.3, 0.4) is 0 Å². The second kappa shape index (κ2) is 8.55. The van der Waals surface area contributed by atoms with Crippen LogP contribution < -0.4 is 10.1 Å². The molecule has 1 heterocycles. The first-order valence-electron chi connectivity index (χ1n) is 9.97. The molecule has 1 saturated heterocycles. The van der Waals surface area contributed by atoms with Crippen molar-refractivity contribution in [1.29, 1.82) is 0 Å². The van der Waals surface area contributed by atoms with Crippen molar-refractivity contribution in [2.75, 3.05) is 6.61 Å². The van der Waals surface area contributed by atoms with Crippen LogP contribution in [-0.2, 0) is 4.79 Å². The highest BCUT2D eigenvalue weighted by Gasteiger charge is 2.52. The van der Waals surface area contributed by atoms with Gasteiger partial charge in [-0.3, -0.25) is 4.79 Å². The van der Waals surface area contributed by atoms with Crippen molar-refractivity contribution < 1.29 is 14.3 Å². The third-order valence-electron chi connectivity index (χ3n) is 5.49. The van der Waals surface area contributed by atoms with Gasteiger partial charge >= 0.3 is 6.03 Å². The number of carbonyl (C=O) groups excluding carboxylic acids is 2. The van der Waals surface area contributed by atoms with Crippen LogP contribution in [0.25, 0.3) is 0 Å². The average molecular weight is 371 g/mol. The molecule has 1 spiro atoms. The van der Waals surface area contributed by atoms with Crippen molar-refractivity contribution in [3.8, 4) is 5.75 Å². The number of amides is 3. The fraction of sp³-hybridized carbons (Fsp3) is 0.571. The third kappa shape index (κ3) is 4.49. The molecule has 0 aromatic heterocycles. The Kier molecular flexibility index (Phi) is 6.14. The van der Waals surface area contributed by atoms with Gasteiger partial charge in [-0.2, -0.15) is 5.10 Å². The van der Waals surface area contributed by atoms with Gasteiger partial charge in [0.15, 0.2) is 0 Å². The molecule has 1 aliphatic carbocycles. The van der Waals surface area contributed by atoms with Gasteiger partial charge in [-0.05, 0) is 67.9 Å². The molecular formula is C21H29N3O3. The van der Waals surface area contributed by atoms with E-state index in [1.807, 2.05) is 24.3 Å². The molecule has 6 heteroatoms. The van der Waals surface area contributed by atoms with E-state index in [0.29, 0.717) is 25.4 Å². The average Bonchev–Trinajstić information content (AvgIpc) is 2.90. The van der Waals surface area contributed by atoms with Gasteiger partial charge in [0.1, 0.15) is 11.3 Å². The monoisotopic (exact) mass is 371 g/mol. The highest BCUT2D eigenvalue weighted by molar-refractivity contribution is 6.07. The molecule has 146 valence electrons. The number of nitrogens with one attached hydrogen (secondary N) is 1. The van der Waals surface area contributed by atoms with Gasteiger partial charge in [0, 0.05) is 0 Å². The molecule has 1 aromatic carbocycles. The van der Waals surface area contributed by atoms with Crippen LogP contribution in [0.4, 0.5) is 4.79 Å². The van der Waals surface area contributed by atoms with Gasteiger partial charge in [0.05, 0.1) is 12.8 Å². The van der Waals surface area contributed by atoms with Crippen LogP contribution in [0.5, 0.6) is 5.75 Å². The summed E-state index contributed by atoms with van der Waals surface area (Å²) in [4.78, 5) is 25.0. The number of hydrogen-bond donors (Lipinski definition) is 1. The zero-order valence-electron chi connectivity index (χ0n) is 16.2. The molecule has 3 rings (SSSR count). The largest absolute Gasteiger partial charge is 0.494 e. The van der Waals surface area contributed by atoms with Gasteiger partial charge in [-0.15, -0.1) is 5.01 Å². The zero-order chi connectivity index (χ0) is 19.3. The van der Waals surface area contributed by atoms with E-state index in [1.165, 1.54) is 6.42 Å². The molecule has 3 amide bonds. The maximum absolute atomic E-state index is 12.8. The summed E-state index contributed by atoms with van der Waals surface area (Å²) in [6.07, 6.45) is 8.20. The Bertz CT molecular complexity index is 691. The summed E-state index contributed by atoms with van der Waals surface area (Å²) in [5.41, 5.74) is 0.0617. The molecule has 6 nitrogen and oxygen atoms in total. The summed E-state index contributed by atoms with van der Waals surface area (Å²) in [7, 11) is 0. The Hall–Kier alpha value is -2.37. The van der Waals surface area contributed by atoms with Crippen LogP contribution in [0.2, 0.25) is 0 Å². The summed E-state index contributed by atoms with van der Waals surface area (Å²) in [6.45, 7) is 5.06. The summed E-state index contributed by atoms with van der Waals surface area (Å²) >= 11 is 0. The Morgan fingerprint density at radius 2 is 1.93 bits per heavy atom. The Morgan fingerprint density at radius 3 is 2.59 bits per heavy atom. The van der Waals surface area contributed by atoms with Crippen LogP contribution in [0, 0.1) is 5.92 Å². The lowest BCUT2D eigenvalue weighted by Gasteiger charge is -2.33. The molecule has 0 bridgehead atoms. The highest BCUT2D eigenvalue weighted by atomic mass is 16.5. The number of hydrogen-bond acceptors (Lipinski definition) is 4. The number of urea groups is 1. The molecule has 1 aliphatic heterocycles. The zero-order valence-corrected chi connectivity index (χ0v) is 16.2. The number of ether oxygens (including phenoxy) is 1. The number of imide groups is 1. The van der Waals surface area contributed by atoms with Crippen LogP contribution in [0.15, 0.2) is 29.4 Å². The molecule has 1 aromatic rings. The van der Waals surface area contributed by atoms with Crippen molar-refractivity contribution >= 4 is 18.2 Å². The van der Waals surface area contributed by atoms with E-state index < -0.39 is 11.6 Å². The first kappa shape index (κ1) is 19.4. The van der Waals surface area contributed by atoms with Crippen molar-refractivity contribution in [2.45, 2.75) is 64.3 Å². The Morgan fingerprint density at radius 1 is 1.22 bits per heavy atom. The van der Waals surface area contributed by atoms with Gasteiger partial charge in [0.25, 0.3) is 5.91 Å². The minimum atomic E-state index is -0.753. The lowest BCUT2D eigenvalue weighted by atomic mass is 9.77. The molecule has 0 unspecified atom stereocenters. The van der Waals surface area contributed by atoms with Crippen LogP contribution in [-0.4, -0.2) is 35.3 Å². The van der Waals surface area contributed by atoms with Crippen molar-refractivity contribution in [2.24, 2.45) is 11.0 Å². The van der Waals surface area contributed by atoms with Gasteiger partial charge < -0.3 is 10.1 Å². The molecule has 27 heavy (non-hydrogen) atoms. The summed E-state index contributed by atoms with van der Waals surface area (Å²) < 4.78 is 5.69. The lowest BCUT2D eigenvalue weighted by molar-refractivity contribution is -0.132. The Balaban J connectivity index is 1.59. The minimum absolute atomic E-state index is 0.230. The number of hydrazone groups is 1. The fourth-order valence-corrected chi connectivity index (χ4v) is 3.62. The predicted molar refractivity (Wildman–Crippen MR) is 105 cm³/mol. The van der Waals surface area contributed by atoms with E-state index in [4.69, 9.17) is 4.74 Å². The number of rotatable bonds is 7. The van der Waals surface area contributed by atoms with E-state index in [1.54, 1.807) is 6.21 Å². The van der Waals surface area contributed by atoms with Crippen LogP contribution in [0.1, 0.15) is 64.4 Å². The molecule has 1 N–H and O–H groups in total. The normalized spacial score (nSPS) is 25.4. The number of unbranched alkanes of at least 4 members (excludes halogenated alkanes) is 2. The molecule has 1 saturated carbocycles. The molecule has 0 atom stereocenters. The standard InChI is InChI=1S/C21H29N3O3/c1-3-4-5-14-27-18-8-6-17(7-9-18)15-22-24-19(25)21(23-20(24)26)12-10-16(2)11-13-21/h6-9,15-16H,3-5,10-14H2,1-2H3,(H,23,26)/b22-15+. The van der Waals surface area contributed by atoms with Crippen molar-refractivity contribution in [1.82, 2.24) is 10.3 Å². The lowest BCUT2D eigenvalue weighted by Crippen LogP contribution is -2.49. The number of nitrogens with zero attached hydrogens (tertiary/aromatic N) is 2. The van der Waals surface area contributed by atoms with Gasteiger partial charge in [0.2, 0.25) is 0 Å². The topological polar surface area (TPSA) is 71.0 Å². The summed E-state index contributed by atoms with van der Waals surface area (Å²) in [5.74, 6) is 1.18. The smallest absolute Gasteiger partial charge is 0.346 e. The molecule has 0 radical (unpaired) electrons. The molecule has 2 aliphatic rings. The quantitative estimate of drug-likeness (QED) is 0.446. The van der Waals surface area contributed by atoms with E-state index >= 15 is 0 Å². The molecular weight excluding hydrogens is 342 g/mol. The van der Waals surface area contributed by atoms with Crippen LogP contribution >= 0.6 is 0 Å². The minimum Gasteiger partial charge on any atom is -0.494 e. The van der Waals surface area contributed by atoms with Crippen molar-refractivity contribution in [3.05, 3.63) is 29.8 Å². The third-order valence-corrected chi connectivity index (χ3v) is 5.49. The maximum atomic E-state index is 12.8. The van der Waals surface area contributed by atoms with E-state index in [9.17, 15) is 9.59 Å².